The molecule has 96 valence electrons. The Balaban J connectivity index is 1.97. The lowest BCUT2D eigenvalue weighted by Gasteiger charge is -2.10. The van der Waals surface area contributed by atoms with Gasteiger partial charge in [-0.3, -0.25) is 4.98 Å². The first-order chi connectivity index (χ1) is 9.24. The van der Waals surface area contributed by atoms with E-state index in [0.29, 0.717) is 12.2 Å². The monoisotopic (exact) mass is 317 g/mol. The molecule has 0 bridgehead atoms. The van der Waals surface area contributed by atoms with E-state index in [2.05, 4.69) is 36.2 Å². The van der Waals surface area contributed by atoms with Crippen LogP contribution in [-0.4, -0.2) is 15.0 Å². The molecule has 0 aliphatic carbocycles. The van der Waals surface area contributed by atoms with E-state index in [1.165, 1.54) is 0 Å². The number of halogens is 1. The average Bonchev–Trinajstić information content (AvgIpc) is 2.92. The number of fused-ring (bicyclic) bond motifs is 1. The van der Waals surface area contributed by atoms with Crippen LogP contribution in [0.1, 0.15) is 5.82 Å². The lowest BCUT2D eigenvalue weighted by atomic mass is 10.1. The zero-order valence-electron chi connectivity index (χ0n) is 10.0. The topological polar surface area (TPSA) is 79.6 Å². The number of imidazole rings is 1. The molecule has 4 N–H and O–H groups in total. The van der Waals surface area contributed by atoms with Crippen molar-refractivity contribution in [2.75, 3.05) is 11.1 Å². The van der Waals surface area contributed by atoms with Gasteiger partial charge in [-0.25, -0.2) is 4.98 Å². The molecular weight excluding hydrogens is 306 g/mol. The van der Waals surface area contributed by atoms with Crippen LogP contribution >= 0.6 is 15.9 Å². The Labute approximate surface area is 118 Å². The van der Waals surface area contributed by atoms with Crippen LogP contribution in [0.2, 0.25) is 0 Å². The molecule has 0 saturated carbocycles. The Morgan fingerprint density at radius 2 is 2.21 bits per heavy atom. The fraction of sp³-hybridized carbons (Fsp3) is 0.0769. The highest BCUT2D eigenvalue weighted by Crippen LogP contribution is 2.28. The van der Waals surface area contributed by atoms with Gasteiger partial charge in [-0.15, -0.1) is 0 Å². The standard InChI is InChI=1S/C13H12BrN5/c14-8-5-9-10(15)1-2-11(13(9)19-6-8)18-7-12-16-3-4-17-12/h1-6,18H,7,15H2,(H,16,17). The maximum absolute atomic E-state index is 5.98. The van der Waals surface area contributed by atoms with Crippen LogP contribution in [0.5, 0.6) is 0 Å². The van der Waals surface area contributed by atoms with E-state index in [9.17, 15) is 0 Å². The number of nitrogens with one attached hydrogen (secondary N) is 2. The minimum atomic E-state index is 0.615. The SMILES string of the molecule is Nc1ccc(NCc2ncc[nH]2)c2ncc(Br)cc12. The number of H-pyrrole nitrogens is 1. The third kappa shape index (κ3) is 2.39. The molecular formula is C13H12BrN5. The normalized spacial score (nSPS) is 10.8. The molecule has 0 aliphatic heterocycles. The number of anilines is 2. The van der Waals surface area contributed by atoms with Crippen molar-refractivity contribution in [2.45, 2.75) is 6.54 Å². The van der Waals surface area contributed by atoms with Crippen molar-refractivity contribution >= 4 is 38.2 Å². The summed E-state index contributed by atoms with van der Waals surface area (Å²) in [6.07, 6.45) is 5.29. The molecule has 2 heterocycles. The second-order valence-electron chi connectivity index (χ2n) is 4.14. The van der Waals surface area contributed by atoms with E-state index in [1.54, 1.807) is 18.6 Å². The van der Waals surface area contributed by atoms with Gasteiger partial charge in [-0.1, -0.05) is 0 Å². The molecule has 0 aliphatic rings. The second kappa shape index (κ2) is 4.89. The van der Waals surface area contributed by atoms with Crippen molar-refractivity contribution in [3.8, 4) is 0 Å². The Kier molecular flexibility index (Phi) is 3.08. The first kappa shape index (κ1) is 12.0. The molecule has 0 unspecified atom stereocenters. The Bertz CT molecular complexity index is 708. The summed E-state index contributed by atoms with van der Waals surface area (Å²) in [5.74, 6) is 0.877. The molecule has 2 aromatic heterocycles. The highest BCUT2D eigenvalue weighted by molar-refractivity contribution is 9.10. The maximum atomic E-state index is 5.98. The van der Waals surface area contributed by atoms with Crippen LogP contribution in [0.3, 0.4) is 0 Å². The predicted molar refractivity (Wildman–Crippen MR) is 79.8 cm³/mol. The van der Waals surface area contributed by atoms with Gasteiger partial charge in [0.15, 0.2) is 0 Å². The molecule has 0 spiro atoms. The molecule has 6 heteroatoms. The first-order valence-corrected chi connectivity index (χ1v) is 6.59. The molecule has 0 amide bonds. The Hall–Kier alpha value is -2.08. The third-order valence-electron chi connectivity index (χ3n) is 2.85. The molecule has 0 atom stereocenters. The lowest BCUT2D eigenvalue weighted by molar-refractivity contribution is 1.00. The Morgan fingerprint density at radius 3 is 3.00 bits per heavy atom. The summed E-state index contributed by atoms with van der Waals surface area (Å²) in [6.45, 7) is 0.615. The van der Waals surface area contributed by atoms with Crippen LogP contribution in [0.4, 0.5) is 11.4 Å². The number of nitrogens with two attached hydrogens (primary N) is 1. The number of nitrogen functional groups attached to an aromatic ring is 1. The van der Waals surface area contributed by atoms with Gasteiger partial charge in [-0.2, -0.15) is 0 Å². The van der Waals surface area contributed by atoms with Crippen molar-refractivity contribution in [1.29, 1.82) is 0 Å². The molecule has 0 radical (unpaired) electrons. The molecule has 19 heavy (non-hydrogen) atoms. The number of hydrogen-bond donors (Lipinski definition) is 3. The van der Waals surface area contributed by atoms with Gasteiger partial charge in [0.2, 0.25) is 0 Å². The fourth-order valence-electron chi connectivity index (χ4n) is 1.93. The highest BCUT2D eigenvalue weighted by atomic mass is 79.9. The second-order valence-corrected chi connectivity index (χ2v) is 5.06. The van der Waals surface area contributed by atoms with Crippen molar-refractivity contribution in [2.24, 2.45) is 0 Å². The van der Waals surface area contributed by atoms with Crippen molar-refractivity contribution < 1.29 is 0 Å². The average molecular weight is 318 g/mol. The molecule has 0 saturated heterocycles. The van der Waals surface area contributed by atoms with E-state index in [4.69, 9.17) is 5.73 Å². The molecule has 5 nitrogen and oxygen atoms in total. The lowest BCUT2D eigenvalue weighted by Crippen LogP contribution is -2.03. The highest BCUT2D eigenvalue weighted by Gasteiger charge is 2.06. The van der Waals surface area contributed by atoms with E-state index >= 15 is 0 Å². The quantitative estimate of drug-likeness (QED) is 0.649. The maximum Gasteiger partial charge on any atom is 0.125 e. The van der Waals surface area contributed by atoms with Gasteiger partial charge in [0, 0.05) is 34.1 Å². The van der Waals surface area contributed by atoms with Crippen LogP contribution in [0.25, 0.3) is 10.9 Å². The van der Waals surface area contributed by atoms with Crippen LogP contribution in [0.15, 0.2) is 41.3 Å². The zero-order chi connectivity index (χ0) is 13.2. The van der Waals surface area contributed by atoms with Crippen molar-refractivity contribution in [1.82, 2.24) is 15.0 Å². The number of aromatic nitrogens is 3. The number of rotatable bonds is 3. The van der Waals surface area contributed by atoms with Crippen molar-refractivity contribution in [3.63, 3.8) is 0 Å². The molecule has 0 fully saturated rings. The first-order valence-electron chi connectivity index (χ1n) is 5.80. The smallest absolute Gasteiger partial charge is 0.125 e. The van der Waals surface area contributed by atoms with Gasteiger partial charge < -0.3 is 16.0 Å². The molecule has 3 aromatic rings. The van der Waals surface area contributed by atoms with Gasteiger partial charge in [0.1, 0.15) is 5.82 Å². The zero-order valence-corrected chi connectivity index (χ0v) is 11.6. The van der Waals surface area contributed by atoms with Gasteiger partial charge in [0.05, 0.1) is 17.7 Å². The summed E-state index contributed by atoms with van der Waals surface area (Å²) >= 11 is 3.41. The van der Waals surface area contributed by atoms with Gasteiger partial charge in [0.25, 0.3) is 0 Å². The number of benzene rings is 1. The minimum Gasteiger partial charge on any atom is -0.398 e. The summed E-state index contributed by atoms with van der Waals surface area (Å²) in [4.78, 5) is 11.6. The minimum absolute atomic E-state index is 0.615. The summed E-state index contributed by atoms with van der Waals surface area (Å²) in [5.41, 5.74) is 8.49. The largest absolute Gasteiger partial charge is 0.398 e. The van der Waals surface area contributed by atoms with Gasteiger partial charge >= 0.3 is 0 Å². The summed E-state index contributed by atoms with van der Waals surface area (Å²) in [7, 11) is 0. The van der Waals surface area contributed by atoms with Crippen LogP contribution < -0.4 is 11.1 Å². The van der Waals surface area contributed by atoms with E-state index in [-0.39, 0.29) is 0 Å². The number of aromatic amines is 1. The number of hydrogen-bond acceptors (Lipinski definition) is 4. The molecule has 1 aromatic carbocycles. The van der Waals surface area contributed by atoms with Crippen molar-refractivity contribution in [3.05, 3.63) is 47.1 Å². The van der Waals surface area contributed by atoms with E-state index < -0.39 is 0 Å². The summed E-state index contributed by atoms with van der Waals surface area (Å²) < 4.78 is 0.912. The van der Waals surface area contributed by atoms with E-state index in [0.717, 1.165) is 26.9 Å². The Morgan fingerprint density at radius 1 is 1.32 bits per heavy atom. The molecule has 3 rings (SSSR count). The van der Waals surface area contributed by atoms with Crippen LogP contribution in [-0.2, 0) is 6.54 Å². The summed E-state index contributed by atoms with van der Waals surface area (Å²) in [6, 6.07) is 5.78. The number of nitrogens with zero attached hydrogens (tertiary/aromatic N) is 2. The third-order valence-corrected chi connectivity index (χ3v) is 3.28. The number of pyridine rings is 1. The van der Waals surface area contributed by atoms with Crippen LogP contribution in [0, 0.1) is 0 Å². The fourth-order valence-corrected chi connectivity index (χ4v) is 2.26. The summed E-state index contributed by atoms with van der Waals surface area (Å²) in [5, 5.41) is 4.24. The van der Waals surface area contributed by atoms with Gasteiger partial charge in [-0.05, 0) is 34.1 Å². The predicted octanol–water partition coefficient (Wildman–Crippen LogP) is 2.91. The van der Waals surface area contributed by atoms with E-state index in [1.807, 2.05) is 18.2 Å².